The summed E-state index contributed by atoms with van der Waals surface area (Å²) in [5.74, 6) is 0.323. The number of imidazole rings is 1. The molecule has 0 aliphatic heterocycles. The number of esters is 1. The third-order valence-corrected chi connectivity index (χ3v) is 3.60. The molecular weight excluding hydrogens is 288 g/mol. The lowest BCUT2D eigenvalue weighted by molar-refractivity contribution is -0.140. The Labute approximate surface area is 137 Å². The first kappa shape index (κ1) is 16.7. The van der Waals surface area contributed by atoms with Crippen molar-refractivity contribution in [1.82, 2.24) is 9.55 Å². The van der Waals surface area contributed by atoms with Crippen molar-refractivity contribution in [1.29, 1.82) is 0 Å². The van der Waals surface area contributed by atoms with Crippen LogP contribution in [0.2, 0.25) is 0 Å². The lowest BCUT2D eigenvalue weighted by Crippen LogP contribution is -2.10. The van der Waals surface area contributed by atoms with Gasteiger partial charge in [0.2, 0.25) is 0 Å². The van der Waals surface area contributed by atoms with Gasteiger partial charge in [0.05, 0.1) is 5.69 Å². The standard InChI is InChI=1S/C19H22N2O2/c1-5-11-21-15(4)17(12-16-9-7-6-8-10-16)20-18(21)13-23-19(22)14(2)3/h5-10H,1-2,11-13H2,3-4H3. The van der Waals surface area contributed by atoms with Crippen LogP contribution in [0.15, 0.2) is 55.1 Å². The van der Waals surface area contributed by atoms with E-state index in [2.05, 4.69) is 30.3 Å². The van der Waals surface area contributed by atoms with Gasteiger partial charge >= 0.3 is 5.97 Å². The summed E-state index contributed by atoms with van der Waals surface area (Å²) in [5.41, 5.74) is 3.63. The molecule has 0 atom stereocenters. The van der Waals surface area contributed by atoms with Crippen LogP contribution >= 0.6 is 0 Å². The molecule has 23 heavy (non-hydrogen) atoms. The van der Waals surface area contributed by atoms with Gasteiger partial charge in [0, 0.05) is 24.2 Å². The number of aromatic nitrogens is 2. The minimum Gasteiger partial charge on any atom is -0.454 e. The van der Waals surface area contributed by atoms with Crippen LogP contribution in [0.4, 0.5) is 0 Å². The summed E-state index contributed by atoms with van der Waals surface area (Å²) < 4.78 is 7.26. The molecule has 0 aliphatic rings. The van der Waals surface area contributed by atoms with Gasteiger partial charge in [-0.25, -0.2) is 9.78 Å². The quantitative estimate of drug-likeness (QED) is 0.446. The molecule has 2 rings (SSSR count). The molecule has 1 aromatic carbocycles. The summed E-state index contributed by atoms with van der Waals surface area (Å²) in [6.45, 7) is 11.8. The highest BCUT2D eigenvalue weighted by Crippen LogP contribution is 2.17. The third-order valence-electron chi connectivity index (χ3n) is 3.60. The molecule has 120 valence electrons. The van der Waals surface area contributed by atoms with Gasteiger partial charge in [-0.2, -0.15) is 0 Å². The fourth-order valence-electron chi connectivity index (χ4n) is 2.34. The Morgan fingerprint density at radius 2 is 2.04 bits per heavy atom. The van der Waals surface area contributed by atoms with Crippen LogP contribution in [0, 0.1) is 6.92 Å². The van der Waals surface area contributed by atoms with E-state index in [9.17, 15) is 4.79 Å². The van der Waals surface area contributed by atoms with Crippen molar-refractivity contribution in [2.75, 3.05) is 0 Å². The SMILES string of the molecule is C=CCn1c(COC(=O)C(=C)C)nc(Cc2ccccc2)c1C. The van der Waals surface area contributed by atoms with Gasteiger partial charge in [-0.1, -0.05) is 43.0 Å². The van der Waals surface area contributed by atoms with Gasteiger partial charge in [-0.05, 0) is 19.4 Å². The second-order valence-electron chi connectivity index (χ2n) is 5.48. The molecule has 4 heteroatoms. The van der Waals surface area contributed by atoms with Crippen LogP contribution in [-0.2, 0) is 29.1 Å². The first-order valence-electron chi connectivity index (χ1n) is 7.55. The molecule has 0 saturated carbocycles. The highest BCUT2D eigenvalue weighted by molar-refractivity contribution is 5.86. The molecular formula is C19H22N2O2. The van der Waals surface area contributed by atoms with E-state index in [1.807, 2.05) is 35.8 Å². The smallest absolute Gasteiger partial charge is 0.333 e. The number of nitrogens with zero attached hydrogens (tertiary/aromatic N) is 2. The Bertz CT molecular complexity index is 714. The monoisotopic (exact) mass is 310 g/mol. The zero-order valence-corrected chi connectivity index (χ0v) is 13.7. The Hall–Kier alpha value is -2.62. The number of benzene rings is 1. The fraction of sp³-hybridized carbons (Fsp3) is 0.263. The molecule has 0 amide bonds. The molecule has 0 saturated heterocycles. The van der Waals surface area contributed by atoms with Crippen LogP contribution in [0.25, 0.3) is 0 Å². The van der Waals surface area contributed by atoms with Crippen molar-refractivity contribution in [3.63, 3.8) is 0 Å². The molecule has 1 aromatic heterocycles. The minimum absolute atomic E-state index is 0.134. The molecule has 0 unspecified atom stereocenters. The Morgan fingerprint density at radius 3 is 2.65 bits per heavy atom. The Balaban J connectivity index is 2.23. The first-order valence-corrected chi connectivity index (χ1v) is 7.55. The van der Waals surface area contributed by atoms with Crippen molar-refractivity contribution in [3.05, 3.63) is 77.9 Å². The normalized spacial score (nSPS) is 10.3. The summed E-state index contributed by atoms with van der Waals surface area (Å²) >= 11 is 0. The second kappa shape index (κ2) is 7.58. The van der Waals surface area contributed by atoms with Gasteiger partial charge in [-0.15, -0.1) is 6.58 Å². The van der Waals surface area contributed by atoms with Crippen molar-refractivity contribution >= 4 is 5.97 Å². The second-order valence-corrected chi connectivity index (χ2v) is 5.48. The summed E-state index contributed by atoms with van der Waals surface area (Å²) in [5, 5.41) is 0. The van der Waals surface area contributed by atoms with Gasteiger partial charge in [-0.3, -0.25) is 0 Å². The van der Waals surface area contributed by atoms with E-state index >= 15 is 0 Å². The van der Waals surface area contributed by atoms with E-state index in [-0.39, 0.29) is 6.61 Å². The maximum atomic E-state index is 11.6. The van der Waals surface area contributed by atoms with Crippen molar-refractivity contribution in [2.45, 2.75) is 33.4 Å². The Morgan fingerprint density at radius 1 is 1.35 bits per heavy atom. The van der Waals surface area contributed by atoms with Crippen LogP contribution in [0.5, 0.6) is 0 Å². The predicted octanol–water partition coefficient (Wildman–Crippen LogP) is 3.59. The molecule has 0 N–H and O–H groups in total. The number of carbonyl (C=O) groups excluding carboxylic acids is 1. The number of hydrogen-bond acceptors (Lipinski definition) is 3. The van der Waals surface area contributed by atoms with Crippen LogP contribution in [0.3, 0.4) is 0 Å². The van der Waals surface area contributed by atoms with E-state index < -0.39 is 5.97 Å². The number of hydrogen-bond donors (Lipinski definition) is 0. The number of carbonyl (C=O) groups is 1. The summed E-state index contributed by atoms with van der Waals surface area (Å²) in [7, 11) is 0. The zero-order chi connectivity index (χ0) is 16.8. The maximum Gasteiger partial charge on any atom is 0.333 e. The van der Waals surface area contributed by atoms with Gasteiger partial charge < -0.3 is 9.30 Å². The van der Waals surface area contributed by atoms with Gasteiger partial charge in [0.15, 0.2) is 0 Å². The molecule has 0 fully saturated rings. The maximum absolute atomic E-state index is 11.6. The highest BCUT2D eigenvalue weighted by Gasteiger charge is 2.15. The lowest BCUT2D eigenvalue weighted by Gasteiger charge is -2.08. The van der Waals surface area contributed by atoms with Gasteiger partial charge in [0.1, 0.15) is 12.4 Å². The average Bonchev–Trinajstić information content (AvgIpc) is 2.83. The van der Waals surface area contributed by atoms with Crippen LogP contribution < -0.4 is 0 Å². The third kappa shape index (κ3) is 4.19. The lowest BCUT2D eigenvalue weighted by atomic mass is 10.1. The van der Waals surface area contributed by atoms with Crippen LogP contribution in [0.1, 0.15) is 29.7 Å². The fourth-order valence-corrected chi connectivity index (χ4v) is 2.34. The molecule has 1 heterocycles. The summed E-state index contributed by atoms with van der Waals surface area (Å²) in [6, 6.07) is 10.2. The Kier molecular flexibility index (Phi) is 5.52. The molecule has 4 nitrogen and oxygen atoms in total. The molecule has 0 radical (unpaired) electrons. The molecule has 0 bridgehead atoms. The topological polar surface area (TPSA) is 44.1 Å². The first-order chi connectivity index (χ1) is 11.0. The van der Waals surface area contributed by atoms with Crippen molar-refractivity contribution < 1.29 is 9.53 Å². The van der Waals surface area contributed by atoms with E-state index in [1.54, 1.807) is 6.92 Å². The summed E-state index contributed by atoms with van der Waals surface area (Å²) in [4.78, 5) is 16.3. The largest absolute Gasteiger partial charge is 0.454 e. The highest BCUT2D eigenvalue weighted by atomic mass is 16.5. The van der Waals surface area contributed by atoms with Gasteiger partial charge in [0.25, 0.3) is 0 Å². The number of ether oxygens (including phenoxy) is 1. The minimum atomic E-state index is -0.402. The van der Waals surface area contributed by atoms with E-state index in [0.717, 1.165) is 23.6 Å². The molecule has 0 aliphatic carbocycles. The van der Waals surface area contributed by atoms with Crippen molar-refractivity contribution in [2.24, 2.45) is 0 Å². The zero-order valence-electron chi connectivity index (χ0n) is 13.7. The molecule has 2 aromatic rings. The average molecular weight is 310 g/mol. The molecule has 0 spiro atoms. The van der Waals surface area contributed by atoms with E-state index in [1.165, 1.54) is 5.56 Å². The number of rotatable bonds is 7. The van der Waals surface area contributed by atoms with E-state index in [4.69, 9.17) is 4.74 Å². The number of allylic oxidation sites excluding steroid dienone is 1. The van der Waals surface area contributed by atoms with Crippen LogP contribution in [-0.4, -0.2) is 15.5 Å². The summed E-state index contributed by atoms with van der Waals surface area (Å²) in [6.07, 6.45) is 2.56. The van der Waals surface area contributed by atoms with E-state index in [0.29, 0.717) is 12.1 Å². The van der Waals surface area contributed by atoms with Crippen molar-refractivity contribution in [3.8, 4) is 0 Å². The predicted molar refractivity (Wildman–Crippen MR) is 91.0 cm³/mol.